The van der Waals surface area contributed by atoms with Gasteiger partial charge in [-0.05, 0) is 29.2 Å². The van der Waals surface area contributed by atoms with E-state index >= 15 is 0 Å². The Morgan fingerprint density at radius 1 is 1.12 bits per heavy atom. The van der Waals surface area contributed by atoms with Gasteiger partial charge in [0.05, 0.1) is 17.7 Å². The molecule has 0 bridgehead atoms. The molecule has 0 fully saturated rings. The van der Waals surface area contributed by atoms with E-state index in [9.17, 15) is 4.79 Å². The van der Waals surface area contributed by atoms with Gasteiger partial charge in [0.15, 0.2) is 0 Å². The molecule has 2 aromatic carbocycles. The molecule has 24 heavy (non-hydrogen) atoms. The van der Waals surface area contributed by atoms with Crippen LogP contribution in [0.5, 0.6) is 5.75 Å². The molecule has 0 spiro atoms. The molecule has 1 aliphatic rings. The van der Waals surface area contributed by atoms with Gasteiger partial charge in [-0.1, -0.05) is 42.5 Å². The van der Waals surface area contributed by atoms with Gasteiger partial charge in [0, 0.05) is 17.9 Å². The van der Waals surface area contributed by atoms with E-state index in [4.69, 9.17) is 4.74 Å². The fourth-order valence-electron chi connectivity index (χ4n) is 3.03. The number of hydrogen-bond acceptors (Lipinski definition) is 4. The Labute approximate surface area is 144 Å². The number of benzene rings is 2. The quantitative estimate of drug-likeness (QED) is 0.776. The van der Waals surface area contributed by atoms with Crippen LogP contribution < -0.4 is 10.1 Å². The Bertz CT molecular complexity index is 872. The van der Waals surface area contributed by atoms with Crippen molar-refractivity contribution < 1.29 is 9.53 Å². The average molecular weight is 336 g/mol. The summed E-state index contributed by atoms with van der Waals surface area (Å²) in [6, 6.07) is 17.9. The molecule has 5 heteroatoms. The Morgan fingerprint density at radius 2 is 1.88 bits per heavy atom. The van der Waals surface area contributed by atoms with Gasteiger partial charge in [-0.25, -0.2) is 0 Å². The molecule has 1 aliphatic heterocycles. The van der Waals surface area contributed by atoms with Crippen LogP contribution in [0.3, 0.4) is 0 Å². The van der Waals surface area contributed by atoms with E-state index < -0.39 is 0 Å². The van der Waals surface area contributed by atoms with Crippen molar-refractivity contribution in [3.05, 3.63) is 65.0 Å². The SMILES string of the molecule is COc1ccc([C@H]2CC(=O)Nc3c(-c4ccccc4)nsc32)cc1. The van der Waals surface area contributed by atoms with Crippen LogP contribution in [0, 0.1) is 0 Å². The van der Waals surface area contributed by atoms with Crippen LogP contribution in [0.25, 0.3) is 11.3 Å². The molecule has 3 aromatic rings. The van der Waals surface area contributed by atoms with Crippen molar-refractivity contribution in [3.8, 4) is 17.0 Å². The van der Waals surface area contributed by atoms with Crippen molar-refractivity contribution in [2.45, 2.75) is 12.3 Å². The Balaban J connectivity index is 1.78. The van der Waals surface area contributed by atoms with E-state index in [0.29, 0.717) is 6.42 Å². The molecule has 1 amide bonds. The van der Waals surface area contributed by atoms with Gasteiger partial charge in [-0.3, -0.25) is 4.79 Å². The van der Waals surface area contributed by atoms with Crippen LogP contribution in [0.15, 0.2) is 54.6 Å². The van der Waals surface area contributed by atoms with Crippen LogP contribution in [-0.4, -0.2) is 17.4 Å². The normalized spacial score (nSPS) is 16.4. The minimum atomic E-state index is 0.0284. The van der Waals surface area contributed by atoms with Crippen molar-refractivity contribution in [2.24, 2.45) is 0 Å². The highest BCUT2D eigenvalue weighted by Gasteiger charge is 2.31. The van der Waals surface area contributed by atoms with Crippen molar-refractivity contribution >= 4 is 23.1 Å². The van der Waals surface area contributed by atoms with Gasteiger partial charge in [0.2, 0.25) is 5.91 Å². The summed E-state index contributed by atoms with van der Waals surface area (Å²) >= 11 is 1.47. The van der Waals surface area contributed by atoms with E-state index in [0.717, 1.165) is 33.1 Å². The number of aromatic nitrogens is 1. The second-order valence-electron chi connectivity index (χ2n) is 5.71. The highest BCUT2D eigenvalue weighted by atomic mass is 32.1. The number of hydrogen-bond donors (Lipinski definition) is 1. The number of amides is 1. The van der Waals surface area contributed by atoms with Crippen LogP contribution in [-0.2, 0) is 4.79 Å². The number of anilines is 1. The Morgan fingerprint density at radius 3 is 2.58 bits per heavy atom. The largest absolute Gasteiger partial charge is 0.497 e. The predicted octanol–water partition coefficient (Wildman–Crippen LogP) is 4.29. The minimum Gasteiger partial charge on any atom is -0.497 e. The van der Waals surface area contributed by atoms with Crippen LogP contribution in [0.1, 0.15) is 22.8 Å². The summed E-state index contributed by atoms with van der Waals surface area (Å²) < 4.78 is 9.83. The molecule has 120 valence electrons. The zero-order valence-electron chi connectivity index (χ0n) is 13.2. The van der Waals surface area contributed by atoms with Gasteiger partial charge < -0.3 is 10.1 Å². The van der Waals surface area contributed by atoms with Gasteiger partial charge in [0.1, 0.15) is 11.4 Å². The van der Waals surface area contributed by atoms with Gasteiger partial charge in [0.25, 0.3) is 0 Å². The minimum absolute atomic E-state index is 0.0284. The standard InChI is InChI=1S/C19H16N2O2S/c1-23-14-9-7-12(8-10-14)15-11-16(22)20-18-17(21-24-19(15)18)13-5-3-2-4-6-13/h2-10,15H,11H2,1H3,(H,20,22)/t15-/m1/s1. The Hall–Kier alpha value is -2.66. The van der Waals surface area contributed by atoms with Gasteiger partial charge in [-0.15, -0.1) is 0 Å². The average Bonchev–Trinajstić information content (AvgIpc) is 3.05. The molecule has 1 N–H and O–H groups in total. The number of methoxy groups -OCH3 is 1. The lowest BCUT2D eigenvalue weighted by Gasteiger charge is -2.23. The lowest BCUT2D eigenvalue weighted by atomic mass is 9.89. The van der Waals surface area contributed by atoms with E-state index in [-0.39, 0.29) is 11.8 Å². The summed E-state index contributed by atoms with van der Waals surface area (Å²) in [5, 5.41) is 3.01. The summed E-state index contributed by atoms with van der Waals surface area (Å²) in [4.78, 5) is 13.4. The van der Waals surface area contributed by atoms with E-state index in [1.165, 1.54) is 11.5 Å². The first-order valence-corrected chi connectivity index (χ1v) is 8.52. The Kier molecular flexibility index (Phi) is 3.78. The lowest BCUT2D eigenvalue weighted by molar-refractivity contribution is -0.116. The summed E-state index contributed by atoms with van der Waals surface area (Å²) in [6.07, 6.45) is 0.440. The summed E-state index contributed by atoms with van der Waals surface area (Å²) in [7, 11) is 1.65. The fraction of sp³-hybridized carbons (Fsp3) is 0.158. The molecule has 0 radical (unpaired) electrons. The highest BCUT2D eigenvalue weighted by molar-refractivity contribution is 7.07. The number of ether oxygens (including phenoxy) is 1. The van der Waals surface area contributed by atoms with E-state index in [1.807, 2.05) is 54.6 Å². The van der Waals surface area contributed by atoms with Crippen molar-refractivity contribution in [3.63, 3.8) is 0 Å². The molecule has 0 unspecified atom stereocenters. The zero-order valence-corrected chi connectivity index (χ0v) is 14.0. The number of rotatable bonds is 3. The molecule has 4 nitrogen and oxygen atoms in total. The third-order valence-electron chi connectivity index (χ3n) is 4.25. The number of carbonyl (C=O) groups is 1. The van der Waals surface area contributed by atoms with Gasteiger partial charge >= 0.3 is 0 Å². The molecular formula is C19H16N2O2S. The smallest absolute Gasteiger partial charge is 0.225 e. The first-order chi connectivity index (χ1) is 11.8. The number of nitrogens with one attached hydrogen (secondary N) is 1. The number of fused-ring (bicyclic) bond motifs is 1. The van der Waals surface area contributed by atoms with Crippen molar-refractivity contribution in [2.75, 3.05) is 12.4 Å². The maximum absolute atomic E-state index is 12.3. The van der Waals surface area contributed by atoms with Crippen LogP contribution in [0.4, 0.5) is 5.69 Å². The molecule has 4 rings (SSSR count). The monoisotopic (exact) mass is 336 g/mol. The molecule has 1 atom stereocenters. The lowest BCUT2D eigenvalue weighted by Crippen LogP contribution is -2.22. The number of nitrogens with zero attached hydrogens (tertiary/aromatic N) is 1. The molecule has 0 saturated heterocycles. The molecule has 0 aliphatic carbocycles. The third kappa shape index (κ3) is 2.57. The molecule has 2 heterocycles. The fourth-order valence-corrected chi connectivity index (χ4v) is 4.00. The van der Waals surface area contributed by atoms with E-state index in [2.05, 4.69) is 9.69 Å². The van der Waals surface area contributed by atoms with Gasteiger partial charge in [-0.2, -0.15) is 4.37 Å². The molecule has 0 saturated carbocycles. The molecular weight excluding hydrogens is 320 g/mol. The summed E-state index contributed by atoms with van der Waals surface area (Å²) in [5.74, 6) is 0.879. The van der Waals surface area contributed by atoms with Crippen molar-refractivity contribution in [1.29, 1.82) is 0 Å². The second kappa shape index (κ2) is 6.09. The second-order valence-corrected chi connectivity index (χ2v) is 6.52. The maximum atomic E-state index is 12.3. The zero-order chi connectivity index (χ0) is 16.5. The third-order valence-corrected chi connectivity index (χ3v) is 5.21. The first kappa shape index (κ1) is 14.9. The number of carbonyl (C=O) groups excluding carboxylic acids is 1. The van der Waals surface area contributed by atoms with Crippen LogP contribution >= 0.6 is 11.5 Å². The van der Waals surface area contributed by atoms with E-state index in [1.54, 1.807) is 7.11 Å². The predicted molar refractivity (Wildman–Crippen MR) is 95.6 cm³/mol. The summed E-state index contributed by atoms with van der Waals surface area (Å²) in [6.45, 7) is 0. The van der Waals surface area contributed by atoms with Crippen LogP contribution in [0.2, 0.25) is 0 Å². The summed E-state index contributed by atoms with van der Waals surface area (Å²) in [5.41, 5.74) is 3.83. The topological polar surface area (TPSA) is 51.2 Å². The molecule has 1 aromatic heterocycles. The maximum Gasteiger partial charge on any atom is 0.225 e. The van der Waals surface area contributed by atoms with Crippen molar-refractivity contribution in [1.82, 2.24) is 4.37 Å². The highest BCUT2D eigenvalue weighted by Crippen LogP contribution is 2.44. The first-order valence-electron chi connectivity index (χ1n) is 7.75.